The van der Waals surface area contributed by atoms with E-state index >= 15 is 0 Å². The van der Waals surface area contributed by atoms with Crippen LogP contribution < -0.4 is 0 Å². The Morgan fingerprint density at radius 1 is 1.15 bits per heavy atom. The van der Waals surface area contributed by atoms with Gasteiger partial charge in [-0.2, -0.15) is 0 Å². The van der Waals surface area contributed by atoms with E-state index in [0.29, 0.717) is 23.7 Å². The molecule has 3 aliphatic rings. The van der Waals surface area contributed by atoms with Gasteiger partial charge in [-0.05, 0) is 80.0 Å². The normalized spacial score (nSPS) is 39.7. The summed E-state index contributed by atoms with van der Waals surface area (Å²) in [5.41, 5.74) is 4.77. The summed E-state index contributed by atoms with van der Waals surface area (Å²) in [6.45, 7) is 13.3. The summed E-state index contributed by atoms with van der Waals surface area (Å²) < 4.78 is 25.9. The number of fused-ring (bicyclic) bond motifs is 1. The minimum absolute atomic E-state index is 0.0652. The highest BCUT2D eigenvalue weighted by Crippen LogP contribution is 2.60. The molecule has 0 heterocycles. The summed E-state index contributed by atoms with van der Waals surface area (Å²) in [5.74, 6) is 2.35. The summed E-state index contributed by atoms with van der Waals surface area (Å²) in [7, 11) is 0. The molecular formula is C25H38F2. The van der Waals surface area contributed by atoms with Gasteiger partial charge in [-0.25, -0.2) is 8.78 Å². The third kappa shape index (κ3) is 4.25. The Labute approximate surface area is 165 Å². The van der Waals surface area contributed by atoms with Crippen molar-refractivity contribution in [3.63, 3.8) is 0 Å². The van der Waals surface area contributed by atoms with Gasteiger partial charge >= 0.3 is 0 Å². The molecule has 0 saturated heterocycles. The Hall–Kier alpha value is -0.920. The van der Waals surface area contributed by atoms with Crippen molar-refractivity contribution in [2.45, 2.75) is 85.5 Å². The SMILES string of the molecule is C=C1[C@H](C)CC(=C/C=C2\CCC[C@]3(C)[C@@H]([C@@H](C)CC(F)F)CC[C@@H]23)C[C@H]1C. The molecule has 3 rings (SSSR count). The summed E-state index contributed by atoms with van der Waals surface area (Å²) in [6, 6.07) is 0. The lowest BCUT2D eigenvalue weighted by atomic mass is 9.61. The molecule has 0 aromatic rings. The van der Waals surface area contributed by atoms with Crippen LogP contribution in [0.3, 0.4) is 0 Å². The van der Waals surface area contributed by atoms with Crippen LogP contribution in [0.25, 0.3) is 0 Å². The van der Waals surface area contributed by atoms with Crippen molar-refractivity contribution < 1.29 is 8.78 Å². The molecule has 0 bridgehead atoms. The second kappa shape index (κ2) is 8.21. The summed E-state index contributed by atoms with van der Waals surface area (Å²) >= 11 is 0. The fourth-order valence-corrected chi connectivity index (χ4v) is 6.64. The Kier molecular flexibility index (Phi) is 6.33. The number of halogens is 2. The van der Waals surface area contributed by atoms with Crippen LogP contribution in [-0.2, 0) is 0 Å². The van der Waals surface area contributed by atoms with E-state index in [2.05, 4.69) is 46.4 Å². The molecule has 0 nitrogen and oxygen atoms in total. The van der Waals surface area contributed by atoms with Gasteiger partial charge < -0.3 is 0 Å². The standard InChI is InChI=1S/C25H38F2/c1-16-13-20(14-17(2)19(16)4)8-9-21-7-6-12-25(5)22(10-11-23(21)25)18(3)15-24(26)27/h8-9,16-18,22-24H,4,6-7,10-15H2,1-3,5H3/b21-9+/t16-,17-,18+,22-,23+,25-/m1/s1. The first-order valence-corrected chi connectivity index (χ1v) is 11.1. The molecule has 3 fully saturated rings. The van der Waals surface area contributed by atoms with Crippen molar-refractivity contribution in [2.24, 2.45) is 35.0 Å². The van der Waals surface area contributed by atoms with Crippen LogP contribution in [-0.4, -0.2) is 6.43 Å². The van der Waals surface area contributed by atoms with Gasteiger partial charge in [-0.15, -0.1) is 0 Å². The average Bonchev–Trinajstić information content (AvgIpc) is 2.94. The summed E-state index contributed by atoms with van der Waals surface area (Å²) in [5, 5.41) is 0. The Morgan fingerprint density at radius 3 is 2.44 bits per heavy atom. The topological polar surface area (TPSA) is 0 Å². The second-order valence-corrected chi connectivity index (χ2v) is 10.1. The lowest BCUT2D eigenvalue weighted by molar-refractivity contribution is 0.0523. The first kappa shape index (κ1) is 20.8. The van der Waals surface area contributed by atoms with Crippen LogP contribution in [0.15, 0.2) is 35.5 Å². The van der Waals surface area contributed by atoms with E-state index in [-0.39, 0.29) is 17.8 Å². The lowest BCUT2D eigenvalue weighted by Crippen LogP contribution is -2.36. The van der Waals surface area contributed by atoms with Gasteiger partial charge in [-0.1, -0.05) is 63.1 Å². The molecule has 0 radical (unpaired) electrons. The zero-order chi connectivity index (χ0) is 19.8. The molecule has 3 aliphatic carbocycles. The van der Waals surface area contributed by atoms with Crippen LogP contribution in [0.2, 0.25) is 0 Å². The van der Waals surface area contributed by atoms with Crippen molar-refractivity contribution in [3.8, 4) is 0 Å². The van der Waals surface area contributed by atoms with Crippen molar-refractivity contribution >= 4 is 0 Å². The van der Waals surface area contributed by atoms with Gasteiger partial charge in [0.25, 0.3) is 0 Å². The van der Waals surface area contributed by atoms with Gasteiger partial charge in [0.2, 0.25) is 6.43 Å². The van der Waals surface area contributed by atoms with Crippen LogP contribution in [0.1, 0.15) is 79.1 Å². The molecule has 6 atom stereocenters. The van der Waals surface area contributed by atoms with Crippen molar-refractivity contribution in [1.82, 2.24) is 0 Å². The summed E-state index contributed by atoms with van der Waals surface area (Å²) in [6.07, 6.45) is 10.9. The third-order valence-corrected chi connectivity index (χ3v) is 8.21. The van der Waals surface area contributed by atoms with Gasteiger partial charge in [-0.3, -0.25) is 0 Å². The smallest absolute Gasteiger partial charge is 0.211 e. The quantitative estimate of drug-likeness (QED) is 0.436. The summed E-state index contributed by atoms with van der Waals surface area (Å²) in [4.78, 5) is 0. The van der Waals surface area contributed by atoms with Crippen LogP contribution in [0.5, 0.6) is 0 Å². The number of hydrogen-bond acceptors (Lipinski definition) is 0. The van der Waals surface area contributed by atoms with E-state index < -0.39 is 6.43 Å². The number of rotatable bonds is 4. The minimum Gasteiger partial charge on any atom is -0.211 e. The van der Waals surface area contributed by atoms with E-state index in [4.69, 9.17) is 0 Å². The van der Waals surface area contributed by atoms with Gasteiger partial charge in [0, 0.05) is 6.42 Å². The second-order valence-electron chi connectivity index (χ2n) is 10.1. The highest BCUT2D eigenvalue weighted by molar-refractivity contribution is 5.28. The molecule has 0 N–H and O–H groups in total. The Balaban J connectivity index is 1.76. The molecule has 0 aromatic carbocycles. The predicted octanol–water partition coefficient (Wildman–Crippen LogP) is 7.97. The molecule has 0 aromatic heterocycles. The Morgan fingerprint density at radius 2 is 1.81 bits per heavy atom. The first-order valence-electron chi connectivity index (χ1n) is 11.1. The Bertz CT molecular complexity index is 598. The monoisotopic (exact) mass is 376 g/mol. The van der Waals surface area contributed by atoms with Gasteiger partial charge in [0.1, 0.15) is 0 Å². The van der Waals surface area contributed by atoms with Crippen LogP contribution in [0, 0.1) is 35.0 Å². The maximum Gasteiger partial charge on any atom is 0.238 e. The number of allylic oxidation sites excluding steroid dienone is 5. The maximum atomic E-state index is 13.0. The molecule has 0 aliphatic heterocycles. The fourth-order valence-electron chi connectivity index (χ4n) is 6.64. The molecular weight excluding hydrogens is 338 g/mol. The van der Waals surface area contributed by atoms with E-state index in [1.165, 1.54) is 31.3 Å². The minimum atomic E-state index is -2.17. The van der Waals surface area contributed by atoms with E-state index in [1.54, 1.807) is 11.1 Å². The largest absolute Gasteiger partial charge is 0.238 e. The average molecular weight is 377 g/mol. The van der Waals surface area contributed by atoms with Crippen LogP contribution in [0.4, 0.5) is 8.78 Å². The highest BCUT2D eigenvalue weighted by atomic mass is 19.3. The molecule has 27 heavy (non-hydrogen) atoms. The zero-order valence-corrected chi connectivity index (χ0v) is 17.7. The first-order chi connectivity index (χ1) is 12.7. The number of hydrogen-bond donors (Lipinski definition) is 0. The molecule has 0 spiro atoms. The van der Waals surface area contributed by atoms with Crippen LogP contribution >= 0.6 is 0 Å². The predicted molar refractivity (Wildman–Crippen MR) is 111 cm³/mol. The third-order valence-electron chi connectivity index (χ3n) is 8.21. The van der Waals surface area contributed by atoms with Crippen molar-refractivity contribution in [3.05, 3.63) is 35.5 Å². The molecule has 0 amide bonds. The van der Waals surface area contributed by atoms with Gasteiger partial charge in [0.15, 0.2) is 0 Å². The molecule has 0 unspecified atom stereocenters. The maximum absolute atomic E-state index is 13.0. The van der Waals surface area contributed by atoms with Crippen molar-refractivity contribution in [2.75, 3.05) is 0 Å². The zero-order valence-electron chi connectivity index (χ0n) is 17.7. The highest BCUT2D eigenvalue weighted by Gasteiger charge is 2.50. The van der Waals surface area contributed by atoms with E-state index in [0.717, 1.165) is 19.3 Å². The van der Waals surface area contributed by atoms with E-state index in [9.17, 15) is 8.78 Å². The van der Waals surface area contributed by atoms with Gasteiger partial charge in [0.05, 0.1) is 0 Å². The number of alkyl halides is 2. The fraction of sp³-hybridized carbons (Fsp3) is 0.760. The lowest BCUT2D eigenvalue weighted by Gasteiger charge is -2.44. The molecule has 2 heteroatoms. The van der Waals surface area contributed by atoms with Crippen molar-refractivity contribution in [1.29, 1.82) is 0 Å². The molecule has 152 valence electrons. The molecule has 3 saturated carbocycles. The van der Waals surface area contributed by atoms with E-state index in [1.807, 2.05) is 0 Å².